The van der Waals surface area contributed by atoms with Gasteiger partial charge < -0.3 is 0 Å². The highest BCUT2D eigenvalue weighted by atomic mass is 35.5. The molecule has 1 unspecified atom stereocenters. The SMILES string of the molecule is CCCCCCCCC(CCC)P(CCCC)CCCC.Cl. The second-order valence-corrected chi connectivity index (χ2v) is 9.54. The van der Waals surface area contributed by atoms with Crippen molar-refractivity contribution < 1.29 is 0 Å². The van der Waals surface area contributed by atoms with E-state index in [1.807, 2.05) is 0 Å². The third-order valence-electron chi connectivity index (χ3n) is 4.63. The first-order valence-electron chi connectivity index (χ1n) is 10.0. The van der Waals surface area contributed by atoms with E-state index >= 15 is 0 Å². The van der Waals surface area contributed by atoms with E-state index in [1.54, 1.807) is 18.7 Å². The zero-order valence-electron chi connectivity index (χ0n) is 16.0. The largest absolute Gasteiger partial charge is 0.147 e. The molecule has 0 aromatic heterocycles. The minimum Gasteiger partial charge on any atom is -0.147 e. The molecule has 0 aliphatic carbocycles. The first-order valence-corrected chi connectivity index (χ1v) is 11.8. The predicted octanol–water partition coefficient (Wildman–Crippen LogP) is 8.41. The monoisotopic (exact) mass is 350 g/mol. The van der Waals surface area contributed by atoms with Crippen LogP contribution in [-0.2, 0) is 0 Å². The lowest BCUT2D eigenvalue weighted by atomic mass is 10.1. The van der Waals surface area contributed by atoms with Gasteiger partial charge in [0.05, 0.1) is 0 Å². The molecule has 0 spiro atoms. The van der Waals surface area contributed by atoms with Crippen LogP contribution in [0.25, 0.3) is 0 Å². The highest BCUT2D eigenvalue weighted by Gasteiger charge is 2.18. The van der Waals surface area contributed by atoms with Crippen LogP contribution in [0.4, 0.5) is 0 Å². The van der Waals surface area contributed by atoms with Gasteiger partial charge in [0.15, 0.2) is 0 Å². The van der Waals surface area contributed by atoms with Gasteiger partial charge in [-0.1, -0.05) is 85.5 Å². The third-order valence-corrected chi connectivity index (χ3v) is 7.96. The molecule has 0 amide bonds. The van der Waals surface area contributed by atoms with Crippen LogP contribution in [0.15, 0.2) is 0 Å². The van der Waals surface area contributed by atoms with Gasteiger partial charge in [-0.3, -0.25) is 0 Å². The molecule has 0 bridgehead atoms. The average Bonchev–Trinajstić information content (AvgIpc) is 2.50. The van der Waals surface area contributed by atoms with Crippen LogP contribution in [0.2, 0.25) is 0 Å². The highest BCUT2D eigenvalue weighted by molar-refractivity contribution is 7.58. The second kappa shape index (κ2) is 19.8. The molecule has 0 N–H and O–H groups in total. The zero-order chi connectivity index (χ0) is 15.8. The van der Waals surface area contributed by atoms with Crippen molar-refractivity contribution in [2.75, 3.05) is 12.3 Å². The van der Waals surface area contributed by atoms with Crippen LogP contribution in [0.1, 0.15) is 111 Å². The van der Waals surface area contributed by atoms with Gasteiger partial charge in [0.1, 0.15) is 0 Å². The van der Waals surface area contributed by atoms with E-state index < -0.39 is 0 Å². The molecule has 0 saturated carbocycles. The number of halogens is 1. The van der Waals surface area contributed by atoms with E-state index in [0.717, 1.165) is 5.66 Å². The molecule has 1 atom stereocenters. The molecule has 136 valence electrons. The summed E-state index contributed by atoms with van der Waals surface area (Å²) in [7, 11) is 0.331. The number of hydrogen-bond acceptors (Lipinski definition) is 0. The van der Waals surface area contributed by atoms with Gasteiger partial charge >= 0.3 is 0 Å². The summed E-state index contributed by atoms with van der Waals surface area (Å²) < 4.78 is 0. The van der Waals surface area contributed by atoms with Gasteiger partial charge in [0.25, 0.3) is 0 Å². The first kappa shape index (κ1) is 25.0. The quantitative estimate of drug-likeness (QED) is 0.193. The van der Waals surface area contributed by atoms with E-state index in [1.165, 1.54) is 77.0 Å². The number of hydrogen-bond donors (Lipinski definition) is 0. The average molecular weight is 351 g/mol. The maximum absolute atomic E-state index is 2.39. The van der Waals surface area contributed by atoms with Crippen LogP contribution in [0.5, 0.6) is 0 Å². The molecule has 0 saturated heterocycles. The molecule has 0 aromatic carbocycles. The lowest BCUT2D eigenvalue weighted by Crippen LogP contribution is -2.10. The highest BCUT2D eigenvalue weighted by Crippen LogP contribution is 2.47. The van der Waals surface area contributed by atoms with Crippen LogP contribution in [0, 0.1) is 0 Å². The molecule has 0 heterocycles. The van der Waals surface area contributed by atoms with E-state index in [2.05, 4.69) is 27.7 Å². The van der Waals surface area contributed by atoms with Crippen molar-refractivity contribution in [1.29, 1.82) is 0 Å². The minimum absolute atomic E-state index is 0. The molecule has 2 heteroatoms. The maximum atomic E-state index is 2.39. The fourth-order valence-electron chi connectivity index (χ4n) is 3.20. The van der Waals surface area contributed by atoms with Gasteiger partial charge in [0.2, 0.25) is 0 Å². The van der Waals surface area contributed by atoms with Gasteiger partial charge in [0, 0.05) is 0 Å². The lowest BCUT2D eigenvalue weighted by Gasteiger charge is -2.28. The Morgan fingerprint density at radius 3 is 1.55 bits per heavy atom. The molecule has 0 nitrogen and oxygen atoms in total. The Hall–Kier alpha value is 0.720. The normalized spacial score (nSPS) is 12.4. The molecule has 0 radical (unpaired) electrons. The van der Waals surface area contributed by atoms with Crippen molar-refractivity contribution in [3.05, 3.63) is 0 Å². The molecule has 0 rings (SSSR count). The summed E-state index contributed by atoms with van der Waals surface area (Å²) in [5.74, 6) is 0. The Balaban J connectivity index is 0. The Labute approximate surface area is 149 Å². The lowest BCUT2D eigenvalue weighted by molar-refractivity contribution is 0.565. The van der Waals surface area contributed by atoms with Crippen molar-refractivity contribution in [3.63, 3.8) is 0 Å². The van der Waals surface area contributed by atoms with Crippen molar-refractivity contribution in [2.45, 2.75) is 117 Å². The van der Waals surface area contributed by atoms with E-state index in [-0.39, 0.29) is 12.4 Å². The topological polar surface area (TPSA) is 0 Å². The summed E-state index contributed by atoms with van der Waals surface area (Å²) in [5, 5.41) is 0. The molecule has 0 aliphatic heterocycles. The summed E-state index contributed by atoms with van der Waals surface area (Å²) >= 11 is 0. The summed E-state index contributed by atoms with van der Waals surface area (Å²) in [6, 6.07) is 0. The molecule has 0 fully saturated rings. The fourth-order valence-corrected chi connectivity index (χ4v) is 6.77. The van der Waals surface area contributed by atoms with Crippen molar-refractivity contribution in [1.82, 2.24) is 0 Å². The van der Waals surface area contributed by atoms with Crippen LogP contribution in [0.3, 0.4) is 0 Å². The van der Waals surface area contributed by atoms with Crippen LogP contribution in [-0.4, -0.2) is 18.0 Å². The Morgan fingerprint density at radius 2 is 1.05 bits per heavy atom. The molecule has 22 heavy (non-hydrogen) atoms. The first-order chi connectivity index (χ1) is 10.3. The van der Waals surface area contributed by atoms with E-state index in [0.29, 0.717) is 7.92 Å². The summed E-state index contributed by atoms with van der Waals surface area (Å²) in [5.41, 5.74) is 1.09. The summed E-state index contributed by atoms with van der Waals surface area (Å²) in [6.45, 7) is 9.42. The Morgan fingerprint density at radius 1 is 0.545 bits per heavy atom. The fraction of sp³-hybridized carbons (Fsp3) is 1.00. The third kappa shape index (κ3) is 14.3. The molecular formula is C20H44ClP. The smallest absolute Gasteiger partial charge is 0.0209 e. The standard InChI is InChI=1S/C20H43P.ClH/c1-5-9-12-13-14-15-17-20(16-8-4)21(18-10-6-2)19-11-7-3;/h20H,5-19H2,1-4H3;1H. The van der Waals surface area contributed by atoms with Gasteiger partial charge in [-0.25, -0.2) is 0 Å². The Kier molecular flexibility index (Phi) is 22.4. The van der Waals surface area contributed by atoms with Crippen molar-refractivity contribution in [2.24, 2.45) is 0 Å². The second-order valence-electron chi connectivity index (χ2n) is 6.74. The van der Waals surface area contributed by atoms with Gasteiger partial charge in [-0.15, -0.1) is 20.3 Å². The summed E-state index contributed by atoms with van der Waals surface area (Å²) in [4.78, 5) is 0. The van der Waals surface area contributed by atoms with Crippen LogP contribution < -0.4 is 0 Å². The van der Waals surface area contributed by atoms with Crippen molar-refractivity contribution in [3.8, 4) is 0 Å². The zero-order valence-corrected chi connectivity index (χ0v) is 17.8. The number of unbranched alkanes of at least 4 members (excludes halogenated alkanes) is 7. The number of rotatable bonds is 16. The molecule has 0 aliphatic rings. The van der Waals surface area contributed by atoms with Gasteiger partial charge in [-0.2, -0.15) is 0 Å². The molecular weight excluding hydrogens is 307 g/mol. The maximum Gasteiger partial charge on any atom is -0.0209 e. The predicted molar refractivity (Wildman–Crippen MR) is 110 cm³/mol. The minimum atomic E-state index is 0. The van der Waals surface area contributed by atoms with Crippen molar-refractivity contribution >= 4 is 20.3 Å². The van der Waals surface area contributed by atoms with E-state index in [4.69, 9.17) is 0 Å². The van der Waals surface area contributed by atoms with Gasteiger partial charge in [-0.05, 0) is 43.7 Å². The molecule has 0 aromatic rings. The Bertz CT molecular complexity index is 188. The summed E-state index contributed by atoms with van der Waals surface area (Å²) in [6.07, 6.45) is 22.1. The van der Waals surface area contributed by atoms with Crippen LogP contribution >= 0.6 is 20.3 Å². The van der Waals surface area contributed by atoms with E-state index in [9.17, 15) is 0 Å².